The zero-order valence-electron chi connectivity index (χ0n) is 12.0. The van der Waals surface area contributed by atoms with Crippen LogP contribution >= 0.6 is 11.6 Å². The third-order valence-electron chi connectivity index (χ3n) is 3.52. The molecule has 2 heterocycles. The summed E-state index contributed by atoms with van der Waals surface area (Å²) in [6, 6.07) is 10.5. The lowest BCUT2D eigenvalue weighted by molar-refractivity contribution is -0.125. The molecule has 1 aliphatic rings. The molecule has 5 nitrogen and oxygen atoms in total. The summed E-state index contributed by atoms with van der Waals surface area (Å²) in [6.45, 7) is 2.33. The van der Waals surface area contributed by atoms with E-state index >= 15 is 0 Å². The lowest BCUT2D eigenvalue weighted by Crippen LogP contribution is -2.31. The van der Waals surface area contributed by atoms with Gasteiger partial charge in [-0.25, -0.2) is 4.98 Å². The summed E-state index contributed by atoms with van der Waals surface area (Å²) in [6.07, 6.45) is 1.42. The van der Waals surface area contributed by atoms with Crippen LogP contribution in [0.2, 0.25) is 5.02 Å². The molecule has 22 heavy (non-hydrogen) atoms. The minimum atomic E-state index is -0.303. The van der Waals surface area contributed by atoms with Crippen molar-refractivity contribution in [3.05, 3.63) is 47.6 Å². The molecule has 0 spiro atoms. The topological polar surface area (TPSA) is 53.5 Å². The van der Waals surface area contributed by atoms with Crippen molar-refractivity contribution < 1.29 is 9.59 Å². The van der Waals surface area contributed by atoms with Gasteiger partial charge in [-0.05, 0) is 37.3 Å². The number of amides is 2. The maximum Gasteiger partial charge on any atom is 0.242 e. The van der Waals surface area contributed by atoms with Crippen LogP contribution in [0.15, 0.2) is 42.6 Å². The Morgan fingerprint density at radius 2 is 1.95 bits per heavy atom. The first-order chi connectivity index (χ1) is 10.6. The number of fused-ring (bicyclic) bond motifs is 1. The van der Waals surface area contributed by atoms with Gasteiger partial charge >= 0.3 is 0 Å². The predicted molar refractivity (Wildman–Crippen MR) is 85.5 cm³/mol. The van der Waals surface area contributed by atoms with Gasteiger partial charge in [0.25, 0.3) is 0 Å². The first-order valence-electron chi connectivity index (χ1n) is 6.95. The summed E-state index contributed by atoms with van der Waals surface area (Å²) in [4.78, 5) is 32.1. The molecule has 3 rings (SSSR count). The van der Waals surface area contributed by atoms with E-state index in [4.69, 9.17) is 11.6 Å². The standard InChI is InChI=1S/C16H14ClN3O2/c1-2-19-13-9-11(17)6-7-12(13)20(16(22)10-15(19)21)14-5-3-4-8-18-14/h3-9H,2,10H2,1H3. The van der Waals surface area contributed by atoms with Gasteiger partial charge in [0.05, 0.1) is 11.4 Å². The van der Waals surface area contributed by atoms with Gasteiger partial charge in [-0.15, -0.1) is 0 Å². The van der Waals surface area contributed by atoms with E-state index in [1.165, 1.54) is 4.90 Å². The molecule has 0 saturated carbocycles. The van der Waals surface area contributed by atoms with Gasteiger partial charge in [-0.1, -0.05) is 17.7 Å². The van der Waals surface area contributed by atoms with E-state index < -0.39 is 0 Å². The van der Waals surface area contributed by atoms with Gasteiger partial charge in [0.2, 0.25) is 11.8 Å². The molecule has 2 aromatic rings. The fourth-order valence-electron chi connectivity index (χ4n) is 2.56. The molecular formula is C16H14ClN3O2. The van der Waals surface area contributed by atoms with E-state index in [0.717, 1.165) is 0 Å². The Balaban J connectivity index is 2.23. The Labute approximate surface area is 133 Å². The van der Waals surface area contributed by atoms with Gasteiger partial charge in [0.1, 0.15) is 12.2 Å². The summed E-state index contributed by atoms with van der Waals surface area (Å²) in [5.74, 6) is -0.0560. The number of anilines is 3. The molecule has 0 N–H and O–H groups in total. The minimum absolute atomic E-state index is 0.198. The Kier molecular flexibility index (Phi) is 3.81. The Bertz CT molecular complexity index is 733. The number of halogens is 1. The molecule has 112 valence electrons. The van der Waals surface area contributed by atoms with Crippen LogP contribution < -0.4 is 9.80 Å². The third-order valence-corrected chi connectivity index (χ3v) is 3.75. The molecule has 0 saturated heterocycles. The summed E-state index contributed by atoms with van der Waals surface area (Å²) >= 11 is 6.07. The summed E-state index contributed by atoms with van der Waals surface area (Å²) < 4.78 is 0. The van der Waals surface area contributed by atoms with E-state index in [0.29, 0.717) is 28.8 Å². The lowest BCUT2D eigenvalue weighted by atomic mass is 10.2. The number of rotatable bonds is 2. The highest BCUT2D eigenvalue weighted by molar-refractivity contribution is 6.31. The van der Waals surface area contributed by atoms with Crippen molar-refractivity contribution >= 4 is 40.6 Å². The zero-order chi connectivity index (χ0) is 15.7. The van der Waals surface area contributed by atoms with E-state index in [-0.39, 0.29) is 18.2 Å². The number of hydrogen-bond acceptors (Lipinski definition) is 3. The molecule has 1 aliphatic heterocycles. The summed E-state index contributed by atoms with van der Waals surface area (Å²) in [7, 11) is 0. The number of hydrogen-bond donors (Lipinski definition) is 0. The Hall–Kier alpha value is -2.40. The Morgan fingerprint density at radius 3 is 2.64 bits per heavy atom. The second kappa shape index (κ2) is 5.77. The lowest BCUT2D eigenvalue weighted by Gasteiger charge is -2.24. The van der Waals surface area contributed by atoms with Crippen LogP contribution in [-0.2, 0) is 9.59 Å². The highest BCUT2D eigenvalue weighted by Gasteiger charge is 2.32. The highest BCUT2D eigenvalue weighted by atomic mass is 35.5. The second-order valence-electron chi connectivity index (χ2n) is 4.86. The molecule has 2 amide bonds. The average molecular weight is 316 g/mol. The smallest absolute Gasteiger partial charge is 0.242 e. The normalized spacial score (nSPS) is 14.8. The number of nitrogens with zero attached hydrogens (tertiary/aromatic N) is 3. The van der Waals surface area contributed by atoms with Gasteiger partial charge in [-0.3, -0.25) is 14.5 Å². The van der Waals surface area contributed by atoms with Crippen LogP contribution in [0.25, 0.3) is 0 Å². The summed E-state index contributed by atoms with van der Waals surface area (Å²) in [5.41, 5.74) is 1.23. The number of carbonyl (C=O) groups excluding carboxylic acids is 2. The fourth-order valence-corrected chi connectivity index (χ4v) is 2.72. The van der Waals surface area contributed by atoms with Crippen LogP contribution in [-0.4, -0.2) is 23.3 Å². The molecular weight excluding hydrogens is 302 g/mol. The minimum Gasteiger partial charge on any atom is -0.310 e. The number of pyridine rings is 1. The molecule has 0 bridgehead atoms. The first kappa shape index (κ1) is 14.5. The highest BCUT2D eigenvalue weighted by Crippen LogP contribution is 2.38. The van der Waals surface area contributed by atoms with Crippen LogP contribution in [0.1, 0.15) is 13.3 Å². The monoisotopic (exact) mass is 315 g/mol. The van der Waals surface area contributed by atoms with Gasteiger partial charge in [-0.2, -0.15) is 0 Å². The molecule has 0 fully saturated rings. The van der Waals surface area contributed by atoms with E-state index in [1.54, 1.807) is 47.5 Å². The van der Waals surface area contributed by atoms with Crippen LogP contribution in [0.3, 0.4) is 0 Å². The fraction of sp³-hybridized carbons (Fsp3) is 0.188. The van der Waals surface area contributed by atoms with Crippen molar-refractivity contribution in [1.29, 1.82) is 0 Å². The van der Waals surface area contributed by atoms with Crippen molar-refractivity contribution in [2.24, 2.45) is 0 Å². The number of benzene rings is 1. The molecule has 6 heteroatoms. The first-order valence-corrected chi connectivity index (χ1v) is 7.33. The Morgan fingerprint density at radius 1 is 1.14 bits per heavy atom. The zero-order valence-corrected chi connectivity index (χ0v) is 12.7. The maximum atomic E-state index is 12.5. The van der Waals surface area contributed by atoms with Crippen molar-refractivity contribution in [2.75, 3.05) is 16.3 Å². The molecule has 1 aromatic carbocycles. The van der Waals surface area contributed by atoms with Crippen molar-refractivity contribution in [1.82, 2.24) is 4.98 Å². The van der Waals surface area contributed by atoms with E-state index in [2.05, 4.69) is 4.98 Å². The predicted octanol–water partition coefficient (Wildman–Crippen LogP) is 3.16. The average Bonchev–Trinajstić information content (AvgIpc) is 2.61. The van der Waals surface area contributed by atoms with Crippen LogP contribution in [0.4, 0.5) is 17.2 Å². The largest absolute Gasteiger partial charge is 0.310 e. The SMILES string of the molecule is CCN1C(=O)CC(=O)N(c2ccccn2)c2ccc(Cl)cc21. The molecule has 1 aromatic heterocycles. The van der Waals surface area contributed by atoms with Gasteiger partial charge in [0.15, 0.2) is 0 Å². The quantitative estimate of drug-likeness (QED) is 0.800. The molecule has 0 radical (unpaired) electrons. The van der Waals surface area contributed by atoms with Crippen molar-refractivity contribution in [3.8, 4) is 0 Å². The van der Waals surface area contributed by atoms with Crippen molar-refractivity contribution in [3.63, 3.8) is 0 Å². The number of aromatic nitrogens is 1. The summed E-state index contributed by atoms with van der Waals surface area (Å²) in [5, 5.41) is 0.514. The van der Waals surface area contributed by atoms with Crippen LogP contribution in [0.5, 0.6) is 0 Å². The van der Waals surface area contributed by atoms with Crippen molar-refractivity contribution in [2.45, 2.75) is 13.3 Å². The number of carbonyl (C=O) groups is 2. The molecule has 0 atom stereocenters. The van der Waals surface area contributed by atoms with Gasteiger partial charge < -0.3 is 4.90 Å². The third kappa shape index (κ3) is 2.44. The van der Waals surface area contributed by atoms with Gasteiger partial charge in [0, 0.05) is 17.8 Å². The van der Waals surface area contributed by atoms with Crippen LogP contribution in [0, 0.1) is 0 Å². The van der Waals surface area contributed by atoms with E-state index in [1.807, 2.05) is 6.92 Å². The maximum absolute atomic E-state index is 12.5. The molecule has 0 unspecified atom stereocenters. The van der Waals surface area contributed by atoms with E-state index in [9.17, 15) is 9.59 Å². The second-order valence-corrected chi connectivity index (χ2v) is 5.30. The molecule has 0 aliphatic carbocycles.